The van der Waals surface area contributed by atoms with E-state index >= 15 is 0 Å². The van der Waals surface area contributed by atoms with Gasteiger partial charge >= 0.3 is 0 Å². The summed E-state index contributed by atoms with van der Waals surface area (Å²) < 4.78 is 11.4. The monoisotopic (exact) mass is 390 g/mol. The fourth-order valence-corrected chi connectivity index (χ4v) is 3.24. The van der Waals surface area contributed by atoms with Crippen LogP contribution in [0.5, 0.6) is 11.5 Å². The number of ether oxygens (including phenoxy) is 2. The first-order valence-corrected chi connectivity index (χ1v) is 9.14. The van der Waals surface area contributed by atoms with Gasteiger partial charge in [-0.2, -0.15) is 0 Å². The molecule has 0 aromatic heterocycles. The van der Waals surface area contributed by atoms with Crippen LogP contribution in [0.3, 0.4) is 0 Å². The molecule has 146 valence electrons. The smallest absolute Gasteiger partial charge is 0.227 e. The van der Waals surface area contributed by atoms with Gasteiger partial charge in [-0.1, -0.05) is 12.1 Å². The highest BCUT2D eigenvalue weighted by Crippen LogP contribution is 2.34. The number of nitrogens with zero attached hydrogens (tertiary/aromatic N) is 1. The minimum Gasteiger partial charge on any atom is -0.490 e. The fourth-order valence-electron chi connectivity index (χ4n) is 3.24. The number of rotatable bonds is 6. The van der Waals surface area contributed by atoms with Crippen molar-refractivity contribution in [3.8, 4) is 11.5 Å². The Morgan fingerprint density at radius 1 is 1.04 bits per heavy atom. The van der Waals surface area contributed by atoms with Crippen LogP contribution in [-0.2, 0) is 24.2 Å². The Morgan fingerprint density at radius 2 is 1.63 bits per heavy atom. The molecule has 1 aliphatic heterocycles. The first-order chi connectivity index (χ1) is 12.6. The van der Waals surface area contributed by atoms with Gasteiger partial charge in [-0.15, -0.1) is 12.4 Å². The number of carbonyl (C=O) groups excluding carboxylic acids is 1. The van der Waals surface area contributed by atoms with Gasteiger partial charge in [-0.3, -0.25) is 4.79 Å². The summed E-state index contributed by atoms with van der Waals surface area (Å²) in [5.41, 5.74) is 9.76. The largest absolute Gasteiger partial charge is 0.490 e. The van der Waals surface area contributed by atoms with E-state index in [9.17, 15) is 4.79 Å². The number of benzene rings is 2. The van der Waals surface area contributed by atoms with Gasteiger partial charge in [0.1, 0.15) is 0 Å². The zero-order chi connectivity index (χ0) is 18.5. The summed E-state index contributed by atoms with van der Waals surface area (Å²) in [6.45, 7) is 6.43. The first kappa shape index (κ1) is 20.9. The number of halogens is 1. The van der Waals surface area contributed by atoms with E-state index < -0.39 is 0 Å². The Hall–Kier alpha value is -2.40. The number of hydrogen-bond donors (Lipinski definition) is 1. The molecule has 2 N–H and O–H groups in total. The molecule has 0 spiro atoms. The summed E-state index contributed by atoms with van der Waals surface area (Å²) in [7, 11) is 0. The quantitative estimate of drug-likeness (QED) is 0.765. The van der Waals surface area contributed by atoms with E-state index in [0.29, 0.717) is 31.9 Å². The highest BCUT2D eigenvalue weighted by molar-refractivity contribution is 5.85. The van der Waals surface area contributed by atoms with Gasteiger partial charge in [0.25, 0.3) is 0 Å². The van der Waals surface area contributed by atoms with Crippen molar-refractivity contribution in [2.24, 2.45) is 0 Å². The second-order valence-corrected chi connectivity index (χ2v) is 6.42. The summed E-state index contributed by atoms with van der Waals surface area (Å²) in [6.07, 6.45) is 1.22. The fraction of sp³-hybridized carbons (Fsp3) is 0.381. The molecular formula is C21H27ClN2O3. The van der Waals surface area contributed by atoms with Gasteiger partial charge < -0.3 is 20.1 Å². The Labute approximate surface area is 166 Å². The van der Waals surface area contributed by atoms with Crippen molar-refractivity contribution in [3.05, 3.63) is 53.1 Å². The van der Waals surface area contributed by atoms with Gasteiger partial charge in [0.15, 0.2) is 11.5 Å². The molecule has 2 aromatic carbocycles. The lowest BCUT2D eigenvalue weighted by Crippen LogP contribution is -2.37. The van der Waals surface area contributed by atoms with Gasteiger partial charge in [0.05, 0.1) is 19.6 Å². The molecule has 1 heterocycles. The van der Waals surface area contributed by atoms with Crippen molar-refractivity contribution < 1.29 is 14.3 Å². The second-order valence-electron chi connectivity index (χ2n) is 6.42. The normalized spacial score (nSPS) is 12.7. The van der Waals surface area contributed by atoms with Crippen molar-refractivity contribution in [2.75, 3.05) is 25.5 Å². The zero-order valence-corrected chi connectivity index (χ0v) is 16.7. The summed E-state index contributed by atoms with van der Waals surface area (Å²) in [6, 6.07) is 11.6. The molecule has 1 aliphatic rings. The lowest BCUT2D eigenvalue weighted by atomic mass is 9.98. The lowest BCUT2D eigenvalue weighted by molar-refractivity contribution is -0.131. The number of amides is 1. The summed E-state index contributed by atoms with van der Waals surface area (Å²) in [4.78, 5) is 14.6. The number of carbonyl (C=O) groups is 1. The van der Waals surface area contributed by atoms with Crippen LogP contribution in [0.25, 0.3) is 0 Å². The van der Waals surface area contributed by atoms with Crippen LogP contribution >= 0.6 is 12.4 Å². The number of nitrogen functional groups attached to an aromatic ring is 1. The molecule has 6 heteroatoms. The second kappa shape index (κ2) is 9.51. The molecule has 0 aliphatic carbocycles. The third-order valence-electron chi connectivity index (χ3n) is 4.57. The van der Waals surface area contributed by atoms with E-state index in [4.69, 9.17) is 15.2 Å². The molecule has 0 atom stereocenters. The molecule has 27 heavy (non-hydrogen) atoms. The van der Waals surface area contributed by atoms with Crippen LogP contribution in [-0.4, -0.2) is 30.6 Å². The standard InChI is InChI=1S/C21H26N2O3.ClH/c1-3-25-19-12-16-9-10-23(14-17(16)13-20(19)26-4-2)21(24)11-15-5-7-18(22)8-6-15;/h5-8,12-13H,3-4,9-11,14,22H2,1-2H3;1H. The van der Waals surface area contributed by atoms with Crippen molar-refractivity contribution in [1.29, 1.82) is 0 Å². The first-order valence-electron chi connectivity index (χ1n) is 9.14. The molecule has 5 nitrogen and oxygen atoms in total. The van der Waals surface area contributed by atoms with Crippen molar-refractivity contribution in [1.82, 2.24) is 4.90 Å². The molecule has 3 rings (SSSR count). The van der Waals surface area contributed by atoms with E-state index in [1.54, 1.807) is 0 Å². The summed E-state index contributed by atoms with van der Waals surface area (Å²) >= 11 is 0. The topological polar surface area (TPSA) is 64.8 Å². The highest BCUT2D eigenvalue weighted by atomic mass is 35.5. The maximum Gasteiger partial charge on any atom is 0.227 e. The van der Waals surface area contributed by atoms with Crippen molar-refractivity contribution in [2.45, 2.75) is 33.2 Å². The Morgan fingerprint density at radius 3 is 2.22 bits per heavy atom. The molecule has 0 bridgehead atoms. The molecule has 0 saturated heterocycles. The highest BCUT2D eigenvalue weighted by Gasteiger charge is 2.23. The average Bonchev–Trinajstić information content (AvgIpc) is 2.64. The van der Waals surface area contributed by atoms with Crippen LogP contribution in [0.4, 0.5) is 5.69 Å². The van der Waals surface area contributed by atoms with Gasteiger partial charge in [0, 0.05) is 18.8 Å². The molecule has 2 aromatic rings. The number of hydrogen-bond acceptors (Lipinski definition) is 4. The third-order valence-corrected chi connectivity index (χ3v) is 4.57. The van der Waals surface area contributed by atoms with E-state index in [0.717, 1.165) is 35.6 Å². The molecule has 0 radical (unpaired) electrons. The van der Waals surface area contributed by atoms with Crippen molar-refractivity contribution in [3.63, 3.8) is 0 Å². The van der Waals surface area contributed by atoms with E-state index in [1.165, 1.54) is 5.56 Å². The van der Waals surface area contributed by atoms with E-state index in [2.05, 4.69) is 6.07 Å². The number of anilines is 1. The molecule has 1 amide bonds. The Bertz CT molecular complexity index is 778. The minimum absolute atomic E-state index is 0. The lowest BCUT2D eigenvalue weighted by Gasteiger charge is -2.30. The van der Waals surface area contributed by atoms with Crippen LogP contribution in [0.15, 0.2) is 36.4 Å². The van der Waals surface area contributed by atoms with Gasteiger partial charge in [-0.05, 0) is 61.2 Å². The third kappa shape index (κ3) is 5.07. The zero-order valence-electron chi connectivity index (χ0n) is 15.9. The van der Waals surface area contributed by atoms with Crippen LogP contribution < -0.4 is 15.2 Å². The number of nitrogens with two attached hydrogens (primary N) is 1. The summed E-state index contributed by atoms with van der Waals surface area (Å²) in [5.74, 6) is 1.67. The van der Waals surface area contributed by atoms with Crippen LogP contribution in [0.1, 0.15) is 30.5 Å². The van der Waals surface area contributed by atoms with Gasteiger partial charge in [0.2, 0.25) is 5.91 Å². The predicted molar refractivity (Wildman–Crippen MR) is 110 cm³/mol. The molecule has 0 fully saturated rings. The molecule has 0 saturated carbocycles. The molecule has 0 unspecified atom stereocenters. The van der Waals surface area contributed by atoms with Gasteiger partial charge in [-0.25, -0.2) is 0 Å². The Kier molecular flexibility index (Phi) is 7.36. The van der Waals surface area contributed by atoms with Crippen molar-refractivity contribution >= 4 is 24.0 Å². The van der Waals surface area contributed by atoms with E-state index in [1.807, 2.05) is 49.1 Å². The average molecular weight is 391 g/mol. The minimum atomic E-state index is 0. The summed E-state index contributed by atoms with van der Waals surface area (Å²) in [5, 5.41) is 0. The maximum absolute atomic E-state index is 12.7. The number of fused-ring (bicyclic) bond motifs is 1. The van der Waals surface area contributed by atoms with Crippen LogP contribution in [0, 0.1) is 0 Å². The Balaban J connectivity index is 0.00000261. The molecular weight excluding hydrogens is 364 g/mol. The SMILES string of the molecule is CCOc1cc2c(cc1OCC)CN(C(=O)Cc1ccc(N)cc1)CC2.Cl. The maximum atomic E-state index is 12.7. The van der Waals surface area contributed by atoms with E-state index in [-0.39, 0.29) is 18.3 Å². The predicted octanol–water partition coefficient (Wildman–Crippen LogP) is 3.62. The van der Waals surface area contributed by atoms with Crippen LogP contribution in [0.2, 0.25) is 0 Å².